The highest BCUT2D eigenvalue weighted by atomic mass is 16.5. The van der Waals surface area contributed by atoms with Gasteiger partial charge in [0, 0.05) is 31.6 Å². The van der Waals surface area contributed by atoms with Crippen LogP contribution in [0.5, 0.6) is 5.75 Å². The van der Waals surface area contributed by atoms with Crippen molar-refractivity contribution in [3.8, 4) is 16.9 Å². The summed E-state index contributed by atoms with van der Waals surface area (Å²) in [6, 6.07) is 36.1. The standard InChI is InChI=1S/C37H40N2O4/c1-2-3-10-24-38-36(41)37(27-28-12-6-4-7-13-28)34(31-18-16-30(17-19-31)29-14-8-5-9-15-29)43-35(39-37)32-20-22-33(23-21-32)42-26-11-25-40/h4-9,12-23,34,40H,2-3,10-11,24-27H2,1H3,(H,38,41)/t34-,37-/m1/s1. The molecule has 0 spiro atoms. The van der Waals surface area contributed by atoms with Crippen molar-refractivity contribution >= 4 is 11.8 Å². The fourth-order valence-corrected chi connectivity index (χ4v) is 5.40. The fourth-order valence-electron chi connectivity index (χ4n) is 5.40. The molecule has 0 unspecified atom stereocenters. The van der Waals surface area contributed by atoms with Gasteiger partial charge < -0.3 is 19.9 Å². The van der Waals surface area contributed by atoms with Gasteiger partial charge in [-0.25, -0.2) is 4.99 Å². The summed E-state index contributed by atoms with van der Waals surface area (Å²) < 4.78 is 12.4. The first-order chi connectivity index (χ1) is 21.1. The van der Waals surface area contributed by atoms with Crippen molar-refractivity contribution in [3.63, 3.8) is 0 Å². The van der Waals surface area contributed by atoms with Gasteiger partial charge >= 0.3 is 0 Å². The zero-order chi connectivity index (χ0) is 29.9. The van der Waals surface area contributed by atoms with E-state index in [4.69, 9.17) is 19.6 Å². The van der Waals surface area contributed by atoms with Gasteiger partial charge in [0.1, 0.15) is 5.75 Å². The van der Waals surface area contributed by atoms with Gasteiger partial charge in [-0.2, -0.15) is 0 Å². The molecule has 0 aromatic heterocycles. The Morgan fingerprint density at radius 3 is 2.16 bits per heavy atom. The maximum atomic E-state index is 14.2. The number of hydrogen-bond donors (Lipinski definition) is 2. The molecular formula is C37H40N2O4. The predicted molar refractivity (Wildman–Crippen MR) is 171 cm³/mol. The molecule has 0 bridgehead atoms. The van der Waals surface area contributed by atoms with Gasteiger partial charge in [0.15, 0.2) is 11.6 Å². The van der Waals surface area contributed by atoms with Crippen molar-refractivity contribution in [2.24, 2.45) is 4.99 Å². The topological polar surface area (TPSA) is 80.2 Å². The predicted octanol–water partition coefficient (Wildman–Crippen LogP) is 6.92. The van der Waals surface area contributed by atoms with E-state index in [2.05, 4.69) is 36.5 Å². The van der Waals surface area contributed by atoms with E-state index in [1.807, 2.05) is 84.9 Å². The van der Waals surface area contributed by atoms with Gasteiger partial charge in [-0.15, -0.1) is 0 Å². The second-order valence-electron chi connectivity index (χ2n) is 10.9. The quantitative estimate of drug-likeness (QED) is 0.160. The fraction of sp³-hybridized carbons (Fsp3) is 0.297. The largest absolute Gasteiger partial charge is 0.494 e. The number of aliphatic hydroxyl groups is 1. The van der Waals surface area contributed by atoms with Crippen molar-refractivity contribution in [3.05, 3.63) is 126 Å². The van der Waals surface area contributed by atoms with Crippen LogP contribution in [0.2, 0.25) is 0 Å². The van der Waals surface area contributed by atoms with Crippen LogP contribution < -0.4 is 10.1 Å². The summed E-state index contributed by atoms with van der Waals surface area (Å²) in [7, 11) is 0. The van der Waals surface area contributed by atoms with E-state index in [1.165, 1.54) is 0 Å². The third-order valence-corrected chi connectivity index (χ3v) is 7.73. The number of carbonyl (C=O) groups excluding carboxylic acids is 1. The summed E-state index contributed by atoms with van der Waals surface area (Å²) >= 11 is 0. The molecular weight excluding hydrogens is 536 g/mol. The first-order valence-corrected chi connectivity index (χ1v) is 15.2. The summed E-state index contributed by atoms with van der Waals surface area (Å²) in [6.45, 7) is 3.26. The maximum absolute atomic E-state index is 14.2. The molecule has 2 N–H and O–H groups in total. The number of unbranched alkanes of at least 4 members (excludes halogenated alkanes) is 2. The molecule has 5 rings (SSSR count). The Bertz CT molecular complexity index is 1470. The first kappa shape index (κ1) is 30.1. The highest BCUT2D eigenvalue weighted by Gasteiger charge is 2.53. The van der Waals surface area contributed by atoms with Crippen LogP contribution in [0.4, 0.5) is 0 Å². The lowest BCUT2D eigenvalue weighted by molar-refractivity contribution is -0.128. The average molecular weight is 577 g/mol. The number of aliphatic imine (C=N–C) groups is 1. The molecule has 4 aromatic carbocycles. The van der Waals surface area contributed by atoms with Gasteiger partial charge in [-0.3, -0.25) is 4.79 Å². The molecule has 1 heterocycles. The van der Waals surface area contributed by atoms with Crippen LogP contribution in [-0.4, -0.2) is 42.2 Å². The van der Waals surface area contributed by atoms with Gasteiger partial charge in [0.2, 0.25) is 5.90 Å². The van der Waals surface area contributed by atoms with Gasteiger partial charge in [0.05, 0.1) is 6.61 Å². The summed E-state index contributed by atoms with van der Waals surface area (Å²) in [5.74, 6) is 0.996. The molecule has 0 saturated heterocycles. The van der Waals surface area contributed by atoms with Crippen molar-refractivity contribution < 1.29 is 19.4 Å². The Hall–Kier alpha value is -4.42. The Morgan fingerprint density at radius 1 is 0.837 bits per heavy atom. The lowest BCUT2D eigenvalue weighted by atomic mass is 9.81. The van der Waals surface area contributed by atoms with Crippen LogP contribution >= 0.6 is 0 Å². The second-order valence-corrected chi connectivity index (χ2v) is 10.9. The van der Waals surface area contributed by atoms with Crippen molar-refractivity contribution in [1.82, 2.24) is 5.32 Å². The SMILES string of the molecule is CCCCCNC(=O)[C@]1(Cc2ccccc2)N=C(c2ccc(OCCCO)cc2)O[C@@H]1c1ccc(-c2ccccc2)cc1. The summed E-state index contributed by atoms with van der Waals surface area (Å²) in [6.07, 6.45) is 3.37. The zero-order valence-electron chi connectivity index (χ0n) is 24.7. The minimum Gasteiger partial charge on any atom is -0.494 e. The molecule has 1 aliphatic rings. The molecule has 1 amide bonds. The van der Waals surface area contributed by atoms with Gasteiger partial charge in [-0.1, -0.05) is 105 Å². The Balaban J connectivity index is 1.53. The van der Waals surface area contributed by atoms with Crippen molar-refractivity contribution in [2.45, 2.75) is 50.7 Å². The number of aliphatic hydroxyl groups excluding tert-OH is 1. The van der Waals surface area contributed by atoms with Crippen LogP contribution in [0.1, 0.15) is 55.4 Å². The van der Waals surface area contributed by atoms with Crippen molar-refractivity contribution in [2.75, 3.05) is 19.8 Å². The minimum atomic E-state index is -1.20. The number of nitrogens with zero attached hydrogens (tertiary/aromatic N) is 1. The maximum Gasteiger partial charge on any atom is 0.252 e. The van der Waals surface area contributed by atoms with Crippen molar-refractivity contribution in [1.29, 1.82) is 0 Å². The van der Waals surface area contributed by atoms with Crippen LogP contribution in [-0.2, 0) is 16.0 Å². The van der Waals surface area contributed by atoms with Crippen LogP contribution in [0, 0.1) is 0 Å². The van der Waals surface area contributed by atoms with E-state index >= 15 is 0 Å². The summed E-state index contributed by atoms with van der Waals surface area (Å²) in [5.41, 5.74) is 3.70. The lowest BCUT2D eigenvalue weighted by Gasteiger charge is -2.31. The monoisotopic (exact) mass is 576 g/mol. The molecule has 0 radical (unpaired) electrons. The minimum absolute atomic E-state index is 0.0838. The van der Waals surface area contributed by atoms with Gasteiger partial charge in [-0.05, 0) is 52.9 Å². The summed E-state index contributed by atoms with van der Waals surface area (Å²) in [5, 5.41) is 12.3. The molecule has 43 heavy (non-hydrogen) atoms. The van der Waals surface area contributed by atoms with E-state index in [-0.39, 0.29) is 12.5 Å². The highest BCUT2D eigenvalue weighted by Crippen LogP contribution is 2.43. The number of ether oxygens (including phenoxy) is 2. The Kier molecular flexibility index (Phi) is 10.2. The number of hydrogen-bond acceptors (Lipinski definition) is 5. The Labute approximate surface area is 254 Å². The second kappa shape index (κ2) is 14.7. The number of carbonyl (C=O) groups is 1. The number of amides is 1. The lowest BCUT2D eigenvalue weighted by Crippen LogP contribution is -2.50. The first-order valence-electron chi connectivity index (χ1n) is 15.2. The van der Waals surface area contributed by atoms with E-state index < -0.39 is 11.6 Å². The van der Waals surface area contributed by atoms with E-state index in [1.54, 1.807) is 0 Å². The molecule has 6 heteroatoms. The highest BCUT2D eigenvalue weighted by molar-refractivity contribution is 6.01. The van der Waals surface area contributed by atoms with E-state index in [9.17, 15) is 4.79 Å². The normalized spacial score (nSPS) is 17.6. The number of rotatable bonds is 14. The van der Waals surface area contributed by atoms with Crippen LogP contribution in [0.25, 0.3) is 11.1 Å². The molecule has 1 aliphatic heterocycles. The third kappa shape index (κ3) is 7.33. The molecule has 0 saturated carbocycles. The molecule has 222 valence electrons. The van der Waals surface area contributed by atoms with E-state index in [0.29, 0.717) is 37.6 Å². The van der Waals surface area contributed by atoms with E-state index in [0.717, 1.165) is 47.1 Å². The molecule has 4 aromatic rings. The third-order valence-electron chi connectivity index (χ3n) is 7.73. The van der Waals surface area contributed by atoms with Crippen LogP contribution in [0.15, 0.2) is 114 Å². The number of nitrogens with one attached hydrogen (secondary N) is 1. The molecule has 0 fully saturated rings. The zero-order valence-corrected chi connectivity index (χ0v) is 24.7. The Morgan fingerprint density at radius 2 is 1.49 bits per heavy atom. The molecule has 2 atom stereocenters. The van der Waals surface area contributed by atoms with Gasteiger partial charge in [0.25, 0.3) is 5.91 Å². The molecule has 0 aliphatic carbocycles. The average Bonchev–Trinajstić information content (AvgIpc) is 3.45. The molecule has 6 nitrogen and oxygen atoms in total. The van der Waals surface area contributed by atoms with Crippen LogP contribution in [0.3, 0.4) is 0 Å². The summed E-state index contributed by atoms with van der Waals surface area (Å²) in [4.78, 5) is 19.4. The number of benzene rings is 4. The smallest absolute Gasteiger partial charge is 0.252 e.